The number of nitrogens with zero attached hydrogens (tertiary/aromatic N) is 2. The molecule has 0 bridgehead atoms. The van der Waals surface area contributed by atoms with Crippen LogP contribution in [0.3, 0.4) is 0 Å². The van der Waals surface area contributed by atoms with E-state index in [2.05, 4.69) is 21.6 Å². The summed E-state index contributed by atoms with van der Waals surface area (Å²) < 4.78 is 17.2. The lowest BCUT2D eigenvalue weighted by molar-refractivity contribution is 0.627. The van der Waals surface area contributed by atoms with Crippen LogP contribution in [-0.4, -0.2) is 9.36 Å². The molecule has 0 radical (unpaired) electrons. The Balaban J connectivity index is 1.68. The van der Waals surface area contributed by atoms with Crippen molar-refractivity contribution in [3.8, 4) is 0 Å². The molecule has 0 unspecified atom stereocenters. The third-order valence-corrected chi connectivity index (χ3v) is 3.71. The van der Waals surface area contributed by atoms with Crippen LogP contribution in [0.15, 0.2) is 48.5 Å². The molecule has 0 atom stereocenters. The Labute approximate surface area is 126 Å². The van der Waals surface area contributed by atoms with Crippen LogP contribution in [0.2, 0.25) is 0 Å². The summed E-state index contributed by atoms with van der Waals surface area (Å²) in [6.45, 7) is 2.05. The lowest BCUT2D eigenvalue weighted by atomic mass is 10.1. The number of nitrogens with one attached hydrogen (secondary N) is 1. The van der Waals surface area contributed by atoms with Crippen molar-refractivity contribution < 1.29 is 4.39 Å². The second-order valence-corrected chi connectivity index (χ2v) is 5.56. The van der Waals surface area contributed by atoms with Gasteiger partial charge in [-0.05, 0) is 36.8 Å². The number of benzene rings is 2. The lowest BCUT2D eigenvalue weighted by Crippen LogP contribution is -1.93. The third kappa shape index (κ3) is 3.64. The maximum absolute atomic E-state index is 12.9. The quantitative estimate of drug-likeness (QED) is 0.779. The highest BCUT2D eigenvalue weighted by Crippen LogP contribution is 2.20. The number of rotatable bonds is 4. The molecular weight excluding hydrogens is 285 g/mol. The van der Waals surface area contributed by atoms with Crippen molar-refractivity contribution in [1.29, 1.82) is 0 Å². The smallest absolute Gasteiger partial charge is 0.207 e. The monoisotopic (exact) mass is 299 g/mol. The highest BCUT2D eigenvalue weighted by Gasteiger charge is 2.05. The molecule has 0 fully saturated rings. The highest BCUT2D eigenvalue weighted by molar-refractivity contribution is 7.09. The van der Waals surface area contributed by atoms with Gasteiger partial charge in [0.05, 0.1) is 0 Å². The predicted octanol–water partition coefficient (Wildman–Crippen LogP) is 4.32. The van der Waals surface area contributed by atoms with Crippen LogP contribution < -0.4 is 5.32 Å². The summed E-state index contributed by atoms with van der Waals surface area (Å²) >= 11 is 1.32. The Morgan fingerprint density at radius 1 is 1.05 bits per heavy atom. The highest BCUT2D eigenvalue weighted by atomic mass is 32.1. The summed E-state index contributed by atoms with van der Waals surface area (Å²) in [5.74, 6) is 0.507. The van der Waals surface area contributed by atoms with Gasteiger partial charge in [0.2, 0.25) is 5.13 Å². The largest absolute Gasteiger partial charge is 0.330 e. The molecule has 0 aliphatic rings. The predicted molar refractivity (Wildman–Crippen MR) is 83.6 cm³/mol. The summed E-state index contributed by atoms with van der Waals surface area (Å²) in [5.41, 5.74) is 3.20. The Hall–Kier alpha value is -2.27. The summed E-state index contributed by atoms with van der Waals surface area (Å²) in [5, 5.41) is 3.99. The summed E-state index contributed by atoms with van der Waals surface area (Å²) in [4.78, 5) is 4.45. The van der Waals surface area contributed by atoms with Gasteiger partial charge >= 0.3 is 0 Å². The standard InChI is InChI=1S/C16H14FN3S/c1-11-2-8-14(9-3-11)18-16-19-15(20-21-16)10-12-4-6-13(17)7-5-12/h2-9H,10H2,1H3,(H,18,19,20). The van der Waals surface area contributed by atoms with Gasteiger partial charge in [0.15, 0.2) is 0 Å². The van der Waals surface area contributed by atoms with Crippen molar-refractivity contribution in [1.82, 2.24) is 9.36 Å². The van der Waals surface area contributed by atoms with Crippen molar-refractivity contribution in [2.45, 2.75) is 13.3 Å². The molecule has 5 heteroatoms. The van der Waals surface area contributed by atoms with Crippen LogP contribution in [0.5, 0.6) is 0 Å². The zero-order chi connectivity index (χ0) is 14.7. The minimum Gasteiger partial charge on any atom is -0.330 e. The van der Waals surface area contributed by atoms with E-state index in [0.717, 1.165) is 22.2 Å². The number of hydrogen-bond acceptors (Lipinski definition) is 4. The van der Waals surface area contributed by atoms with Gasteiger partial charge in [-0.2, -0.15) is 4.37 Å². The molecule has 0 saturated carbocycles. The molecule has 0 saturated heterocycles. The fourth-order valence-electron chi connectivity index (χ4n) is 1.92. The van der Waals surface area contributed by atoms with E-state index in [9.17, 15) is 4.39 Å². The number of aryl methyl sites for hydroxylation is 1. The normalized spacial score (nSPS) is 10.6. The van der Waals surface area contributed by atoms with E-state index in [1.54, 1.807) is 12.1 Å². The first kappa shape index (κ1) is 13.7. The molecule has 0 aliphatic heterocycles. The van der Waals surface area contributed by atoms with Crippen molar-refractivity contribution in [2.24, 2.45) is 0 Å². The van der Waals surface area contributed by atoms with Crippen LogP contribution in [0.25, 0.3) is 0 Å². The van der Waals surface area contributed by atoms with Crippen molar-refractivity contribution in [3.63, 3.8) is 0 Å². The molecule has 106 valence electrons. The van der Waals surface area contributed by atoms with E-state index < -0.39 is 0 Å². The molecule has 21 heavy (non-hydrogen) atoms. The summed E-state index contributed by atoms with van der Waals surface area (Å²) in [7, 11) is 0. The minimum absolute atomic E-state index is 0.230. The molecule has 2 aromatic carbocycles. The maximum atomic E-state index is 12.9. The number of anilines is 2. The van der Waals surface area contributed by atoms with E-state index in [-0.39, 0.29) is 5.82 Å². The number of hydrogen-bond donors (Lipinski definition) is 1. The van der Waals surface area contributed by atoms with Crippen molar-refractivity contribution in [2.75, 3.05) is 5.32 Å². The Bertz CT molecular complexity index is 658. The molecule has 1 N–H and O–H groups in total. The van der Waals surface area contributed by atoms with Gasteiger partial charge in [0, 0.05) is 23.6 Å². The lowest BCUT2D eigenvalue weighted by Gasteiger charge is -2.01. The molecular formula is C16H14FN3S. The van der Waals surface area contributed by atoms with Crippen molar-refractivity contribution in [3.05, 3.63) is 71.3 Å². The van der Waals surface area contributed by atoms with Gasteiger partial charge in [-0.3, -0.25) is 0 Å². The second kappa shape index (κ2) is 6.01. The first-order valence-electron chi connectivity index (χ1n) is 6.60. The first-order chi connectivity index (χ1) is 10.2. The van der Waals surface area contributed by atoms with Crippen LogP contribution in [0.1, 0.15) is 17.0 Å². The van der Waals surface area contributed by atoms with E-state index in [1.807, 2.05) is 24.3 Å². The number of aromatic nitrogens is 2. The molecule has 3 rings (SSSR count). The first-order valence-corrected chi connectivity index (χ1v) is 7.37. The van der Waals surface area contributed by atoms with Crippen LogP contribution in [0, 0.1) is 12.7 Å². The van der Waals surface area contributed by atoms with Crippen LogP contribution >= 0.6 is 11.5 Å². The van der Waals surface area contributed by atoms with E-state index in [4.69, 9.17) is 0 Å². The van der Waals surface area contributed by atoms with Crippen LogP contribution in [0.4, 0.5) is 15.2 Å². The van der Waals surface area contributed by atoms with E-state index >= 15 is 0 Å². The molecule has 1 heterocycles. The van der Waals surface area contributed by atoms with E-state index in [0.29, 0.717) is 6.42 Å². The van der Waals surface area contributed by atoms with Gasteiger partial charge in [-0.15, -0.1) is 0 Å². The average molecular weight is 299 g/mol. The fraction of sp³-hybridized carbons (Fsp3) is 0.125. The molecule has 0 spiro atoms. The average Bonchev–Trinajstić information content (AvgIpc) is 2.91. The Morgan fingerprint density at radius 3 is 2.48 bits per heavy atom. The summed E-state index contributed by atoms with van der Waals surface area (Å²) in [6, 6.07) is 14.5. The van der Waals surface area contributed by atoms with Gasteiger partial charge in [-0.25, -0.2) is 9.37 Å². The molecule has 1 aromatic heterocycles. The van der Waals surface area contributed by atoms with Gasteiger partial charge in [-0.1, -0.05) is 29.8 Å². The maximum Gasteiger partial charge on any atom is 0.207 e. The van der Waals surface area contributed by atoms with Gasteiger partial charge in [0.25, 0.3) is 0 Å². The van der Waals surface area contributed by atoms with Gasteiger partial charge < -0.3 is 5.32 Å². The topological polar surface area (TPSA) is 37.8 Å². The zero-order valence-electron chi connectivity index (χ0n) is 11.5. The van der Waals surface area contributed by atoms with Gasteiger partial charge in [0.1, 0.15) is 11.6 Å². The van der Waals surface area contributed by atoms with E-state index in [1.165, 1.54) is 29.2 Å². The Morgan fingerprint density at radius 2 is 1.76 bits per heavy atom. The molecule has 0 amide bonds. The Kier molecular flexibility index (Phi) is 3.92. The molecule has 0 aliphatic carbocycles. The summed E-state index contributed by atoms with van der Waals surface area (Å²) in [6.07, 6.45) is 0.604. The SMILES string of the molecule is Cc1ccc(Nc2nc(Cc3ccc(F)cc3)ns2)cc1. The van der Waals surface area contributed by atoms with Crippen LogP contribution in [-0.2, 0) is 6.42 Å². The second-order valence-electron chi connectivity index (χ2n) is 4.81. The third-order valence-electron chi connectivity index (χ3n) is 3.05. The minimum atomic E-state index is -0.230. The zero-order valence-corrected chi connectivity index (χ0v) is 12.3. The molecule has 3 nitrogen and oxygen atoms in total. The van der Waals surface area contributed by atoms with Crippen molar-refractivity contribution >= 4 is 22.4 Å². The fourth-order valence-corrected chi connectivity index (χ4v) is 2.53. The molecule has 3 aromatic rings. The number of halogens is 1.